The first-order valence-corrected chi connectivity index (χ1v) is 9.32. The summed E-state index contributed by atoms with van der Waals surface area (Å²) in [5.41, 5.74) is 1.50. The number of aliphatic carboxylic acids is 1. The van der Waals surface area contributed by atoms with Gasteiger partial charge in [-0.3, -0.25) is 14.9 Å². The number of carbonyl (C=O) groups is 2. The Kier molecular flexibility index (Phi) is 6.54. The molecule has 0 unspecified atom stereocenters. The quantitative estimate of drug-likeness (QED) is 0.441. The minimum Gasteiger partial charge on any atom is -0.480 e. The van der Waals surface area contributed by atoms with Crippen LogP contribution in [0.4, 0.5) is 5.69 Å². The minimum absolute atomic E-state index is 0.180. The molecular formula is C23H20N2O5. The fourth-order valence-electron chi connectivity index (χ4n) is 3.32. The highest BCUT2D eigenvalue weighted by Gasteiger charge is 2.29. The van der Waals surface area contributed by atoms with E-state index in [1.165, 1.54) is 18.2 Å². The molecule has 0 radical (unpaired) electrons. The number of nitrogens with zero attached hydrogens (tertiary/aromatic N) is 1. The van der Waals surface area contributed by atoms with E-state index in [0.717, 1.165) is 11.1 Å². The first kappa shape index (κ1) is 20.7. The van der Waals surface area contributed by atoms with E-state index in [0.29, 0.717) is 0 Å². The molecule has 1 amide bonds. The van der Waals surface area contributed by atoms with Crippen molar-refractivity contribution in [2.24, 2.45) is 0 Å². The van der Waals surface area contributed by atoms with Gasteiger partial charge >= 0.3 is 5.97 Å². The topological polar surface area (TPSA) is 110 Å². The average Bonchev–Trinajstić information content (AvgIpc) is 2.75. The van der Waals surface area contributed by atoms with Crippen LogP contribution in [0.15, 0.2) is 84.9 Å². The molecule has 30 heavy (non-hydrogen) atoms. The number of carbonyl (C=O) groups excluding carboxylic acids is 1. The van der Waals surface area contributed by atoms with Crippen molar-refractivity contribution in [3.05, 3.63) is 112 Å². The van der Waals surface area contributed by atoms with Crippen LogP contribution >= 0.6 is 0 Å². The van der Waals surface area contributed by atoms with Crippen LogP contribution in [0.1, 0.15) is 22.6 Å². The Labute approximate surface area is 173 Å². The monoisotopic (exact) mass is 404 g/mol. The van der Waals surface area contributed by atoms with Gasteiger partial charge in [0, 0.05) is 18.1 Å². The zero-order valence-electron chi connectivity index (χ0n) is 16.0. The van der Waals surface area contributed by atoms with Crippen LogP contribution in [0, 0.1) is 10.1 Å². The number of benzene rings is 3. The Morgan fingerprint density at radius 3 is 1.87 bits per heavy atom. The van der Waals surface area contributed by atoms with E-state index in [1.807, 2.05) is 12.1 Å². The number of carboxylic acid groups (broad SMARTS) is 1. The second-order valence-corrected chi connectivity index (χ2v) is 6.74. The van der Waals surface area contributed by atoms with Crippen LogP contribution in [0.3, 0.4) is 0 Å². The van der Waals surface area contributed by atoms with Crippen molar-refractivity contribution in [3.8, 4) is 0 Å². The largest absolute Gasteiger partial charge is 0.480 e. The van der Waals surface area contributed by atoms with Crippen molar-refractivity contribution in [2.75, 3.05) is 0 Å². The van der Waals surface area contributed by atoms with E-state index in [2.05, 4.69) is 5.32 Å². The number of para-hydroxylation sites is 1. The van der Waals surface area contributed by atoms with Crippen molar-refractivity contribution >= 4 is 17.6 Å². The van der Waals surface area contributed by atoms with Gasteiger partial charge in [0.05, 0.1) is 10.8 Å². The lowest BCUT2D eigenvalue weighted by molar-refractivity contribution is -0.385. The highest BCUT2D eigenvalue weighted by Crippen LogP contribution is 2.25. The van der Waals surface area contributed by atoms with Gasteiger partial charge in [-0.05, 0) is 11.1 Å². The molecule has 1 atom stereocenters. The van der Waals surface area contributed by atoms with Gasteiger partial charge in [0.1, 0.15) is 6.04 Å². The van der Waals surface area contributed by atoms with Crippen LogP contribution in [0.2, 0.25) is 0 Å². The number of nitro groups is 1. The first-order valence-electron chi connectivity index (χ1n) is 9.32. The van der Waals surface area contributed by atoms with Crippen molar-refractivity contribution in [1.29, 1.82) is 0 Å². The standard InChI is InChI=1S/C23H20N2O5/c26-22(21(16-9-3-1-4-10-16)17-11-5-2-6-12-17)24-19(23(27)28)15-18-13-7-8-14-20(18)25(29)30/h1-14,19,21H,15H2,(H,24,26)(H,27,28)/t19-/m1/s1. The molecular weight excluding hydrogens is 384 g/mol. The van der Waals surface area contributed by atoms with Gasteiger partial charge in [0.25, 0.3) is 5.69 Å². The van der Waals surface area contributed by atoms with Crippen molar-refractivity contribution in [3.63, 3.8) is 0 Å². The predicted octanol–water partition coefficient (Wildman–Crippen LogP) is 3.54. The van der Waals surface area contributed by atoms with E-state index in [1.54, 1.807) is 54.6 Å². The molecule has 7 heteroatoms. The van der Waals surface area contributed by atoms with Crippen molar-refractivity contribution in [1.82, 2.24) is 5.32 Å². The smallest absolute Gasteiger partial charge is 0.326 e. The van der Waals surface area contributed by atoms with E-state index in [9.17, 15) is 24.8 Å². The zero-order chi connectivity index (χ0) is 21.5. The van der Waals surface area contributed by atoms with Crippen LogP contribution in [0.25, 0.3) is 0 Å². The van der Waals surface area contributed by atoms with Gasteiger partial charge in [-0.25, -0.2) is 4.79 Å². The fourth-order valence-corrected chi connectivity index (χ4v) is 3.32. The summed E-state index contributed by atoms with van der Waals surface area (Å²) in [6, 6.07) is 22.7. The molecule has 0 aromatic heterocycles. The maximum absolute atomic E-state index is 13.2. The first-order chi connectivity index (χ1) is 14.5. The predicted molar refractivity (Wildman–Crippen MR) is 111 cm³/mol. The lowest BCUT2D eigenvalue weighted by Crippen LogP contribution is -2.44. The lowest BCUT2D eigenvalue weighted by atomic mass is 9.90. The van der Waals surface area contributed by atoms with Gasteiger partial charge in [0.2, 0.25) is 5.91 Å². The van der Waals surface area contributed by atoms with Crippen LogP contribution in [-0.2, 0) is 16.0 Å². The Bertz CT molecular complexity index is 998. The molecule has 0 aliphatic heterocycles. The molecule has 7 nitrogen and oxygen atoms in total. The number of nitro benzene ring substituents is 1. The molecule has 3 rings (SSSR count). The van der Waals surface area contributed by atoms with Gasteiger partial charge in [-0.2, -0.15) is 0 Å². The van der Waals surface area contributed by atoms with Gasteiger partial charge in [0.15, 0.2) is 0 Å². The molecule has 152 valence electrons. The number of carboxylic acids is 1. The van der Waals surface area contributed by atoms with Crippen LogP contribution < -0.4 is 5.32 Å². The highest BCUT2D eigenvalue weighted by molar-refractivity contribution is 5.90. The Morgan fingerprint density at radius 1 is 0.867 bits per heavy atom. The highest BCUT2D eigenvalue weighted by atomic mass is 16.6. The average molecular weight is 404 g/mol. The van der Waals surface area contributed by atoms with Crippen LogP contribution in [0.5, 0.6) is 0 Å². The van der Waals surface area contributed by atoms with E-state index >= 15 is 0 Å². The van der Waals surface area contributed by atoms with Gasteiger partial charge in [-0.15, -0.1) is 0 Å². The number of rotatable bonds is 8. The molecule has 0 aliphatic carbocycles. The summed E-state index contributed by atoms with van der Waals surface area (Å²) in [7, 11) is 0. The SMILES string of the molecule is O=C(N[C@H](Cc1ccccc1[N+](=O)[O-])C(=O)O)C(c1ccccc1)c1ccccc1. The summed E-state index contributed by atoms with van der Waals surface area (Å²) in [5.74, 6) is -2.46. The maximum atomic E-state index is 13.2. The lowest BCUT2D eigenvalue weighted by Gasteiger charge is -2.21. The number of hydrogen-bond acceptors (Lipinski definition) is 4. The molecule has 0 saturated carbocycles. The Morgan fingerprint density at radius 2 is 1.37 bits per heavy atom. The summed E-state index contributed by atoms with van der Waals surface area (Å²) >= 11 is 0. The summed E-state index contributed by atoms with van der Waals surface area (Å²) < 4.78 is 0. The second kappa shape index (κ2) is 9.47. The summed E-state index contributed by atoms with van der Waals surface area (Å²) in [5, 5.41) is 23.5. The third kappa shape index (κ3) is 4.88. The molecule has 0 heterocycles. The zero-order valence-corrected chi connectivity index (χ0v) is 16.0. The molecule has 2 N–H and O–H groups in total. The molecule has 3 aromatic rings. The molecule has 0 bridgehead atoms. The number of hydrogen-bond donors (Lipinski definition) is 2. The summed E-state index contributed by atoms with van der Waals surface area (Å²) in [6.45, 7) is 0. The van der Waals surface area contributed by atoms with Crippen LogP contribution in [-0.4, -0.2) is 27.9 Å². The number of amides is 1. The molecule has 0 aliphatic rings. The van der Waals surface area contributed by atoms with Gasteiger partial charge < -0.3 is 10.4 Å². The van der Waals surface area contributed by atoms with Gasteiger partial charge in [-0.1, -0.05) is 78.9 Å². The third-order valence-corrected chi connectivity index (χ3v) is 4.75. The van der Waals surface area contributed by atoms with Crippen molar-refractivity contribution in [2.45, 2.75) is 18.4 Å². The summed E-state index contributed by atoms with van der Waals surface area (Å²) in [4.78, 5) is 35.7. The van der Waals surface area contributed by atoms with E-state index in [-0.39, 0.29) is 17.7 Å². The third-order valence-electron chi connectivity index (χ3n) is 4.75. The Balaban J connectivity index is 1.89. The maximum Gasteiger partial charge on any atom is 0.326 e. The number of nitrogens with one attached hydrogen (secondary N) is 1. The Hall–Kier alpha value is -4.00. The van der Waals surface area contributed by atoms with E-state index in [4.69, 9.17) is 0 Å². The van der Waals surface area contributed by atoms with Crippen molar-refractivity contribution < 1.29 is 19.6 Å². The molecule has 0 saturated heterocycles. The van der Waals surface area contributed by atoms with E-state index < -0.39 is 28.8 Å². The molecule has 3 aromatic carbocycles. The summed E-state index contributed by atoms with van der Waals surface area (Å²) in [6.07, 6.45) is -0.200. The minimum atomic E-state index is -1.31. The second-order valence-electron chi connectivity index (χ2n) is 6.74. The normalized spacial score (nSPS) is 11.6. The molecule has 0 spiro atoms. The fraction of sp³-hybridized carbons (Fsp3) is 0.130. The molecule has 0 fully saturated rings.